The van der Waals surface area contributed by atoms with Gasteiger partial charge in [-0.3, -0.25) is 4.79 Å². The Labute approximate surface area is 186 Å². The van der Waals surface area contributed by atoms with Crippen molar-refractivity contribution in [3.63, 3.8) is 0 Å². The van der Waals surface area contributed by atoms with Crippen LogP contribution in [0.4, 0.5) is 5.69 Å². The minimum absolute atomic E-state index is 0.142. The van der Waals surface area contributed by atoms with Crippen LogP contribution in [0.5, 0.6) is 17.2 Å². The number of para-hydroxylation sites is 1. The quantitative estimate of drug-likeness (QED) is 0.524. The fourth-order valence-corrected chi connectivity index (χ4v) is 2.79. The molecule has 0 saturated carbocycles. The van der Waals surface area contributed by atoms with Gasteiger partial charge >= 0.3 is 11.9 Å². The second-order valence-electron chi connectivity index (χ2n) is 6.26. The van der Waals surface area contributed by atoms with E-state index in [0.29, 0.717) is 37.1 Å². The molecule has 32 heavy (non-hydrogen) atoms. The van der Waals surface area contributed by atoms with Crippen molar-refractivity contribution in [1.82, 2.24) is 0 Å². The highest BCUT2D eigenvalue weighted by atomic mass is 16.5. The lowest BCUT2D eigenvalue weighted by Crippen LogP contribution is -2.22. The van der Waals surface area contributed by atoms with E-state index in [-0.39, 0.29) is 16.8 Å². The first-order valence-electron chi connectivity index (χ1n) is 10.2. The Hall–Kier alpha value is -3.75. The molecule has 172 valence electrons. The zero-order chi connectivity index (χ0) is 23.5. The zero-order valence-corrected chi connectivity index (χ0v) is 18.6. The molecule has 2 aromatic rings. The predicted molar refractivity (Wildman–Crippen MR) is 117 cm³/mol. The molecule has 0 unspecified atom stereocenters. The number of amides is 1. The molecule has 2 rings (SSSR count). The fraction of sp³-hybridized carbons (Fsp3) is 0.348. The number of esters is 2. The third-order valence-electron chi connectivity index (χ3n) is 4.09. The lowest BCUT2D eigenvalue weighted by molar-refractivity contribution is -0.119. The molecule has 0 bridgehead atoms. The standard InChI is InChI=1S/C23H27NO8/c1-5-29-18-12-15(13-19(30-6-2)21(18)31-7-3)22(26)32-14-20(25)24-17-11-9-8-10-16(17)23(27)28-4/h8-13H,5-7,14H2,1-4H3,(H,24,25). The SMILES string of the molecule is CCOc1cc(C(=O)OCC(=O)Nc2ccccc2C(=O)OC)cc(OCC)c1OCC. The Morgan fingerprint density at radius 2 is 1.44 bits per heavy atom. The molecular formula is C23H27NO8. The third kappa shape index (κ3) is 6.37. The Kier molecular flexibility index (Phi) is 9.34. The first-order valence-corrected chi connectivity index (χ1v) is 10.2. The van der Waals surface area contributed by atoms with E-state index in [2.05, 4.69) is 5.32 Å². The summed E-state index contributed by atoms with van der Waals surface area (Å²) in [5.74, 6) is -0.890. The normalized spacial score (nSPS) is 10.1. The molecule has 1 N–H and O–H groups in total. The number of carbonyl (C=O) groups excluding carboxylic acids is 3. The van der Waals surface area contributed by atoms with Crippen molar-refractivity contribution in [3.05, 3.63) is 47.5 Å². The van der Waals surface area contributed by atoms with Gasteiger partial charge in [-0.15, -0.1) is 0 Å². The second kappa shape index (κ2) is 12.2. The molecule has 0 radical (unpaired) electrons. The van der Waals surface area contributed by atoms with Crippen molar-refractivity contribution in [2.75, 3.05) is 38.9 Å². The van der Waals surface area contributed by atoms with Gasteiger partial charge in [0.25, 0.3) is 5.91 Å². The molecule has 2 aromatic carbocycles. The summed E-state index contributed by atoms with van der Waals surface area (Å²) in [5.41, 5.74) is 0.575. The topological polar surface area (TPSA) is 109 Å². The first kappa shape index (κ1) is 24.5. The van der Waals surface area contributed by atoms with E-state index >= 15 is 0 Å². The molecular weight excluding hydrogens is 418 g/mol. The molecule has 0 aliphatic heterocycles. The summed E-state index contributed by atoms with van der Waals surface area (Å²) in [4.78, 5) is 36.7. The largest absolute Gasteiger partial charge is 0.490 e. The van der Waals surface area contributed by atoms with Crippen molar-refractivity contribution >= 4 is 23.5 Å². The molecule has 0 aromatic heterocycles. The van der Waals surface area contributed by atoms with Gasteiger partial charge in [-0.1, -0.05) is 12.1 Å². The van der Waals surface area contributed by atoms with Gasteiger partial charge in [0.05, 0.1) is 43.7 Å². The van der Waals surface area contributed by atoms with Gasteiger partial charge in [0.15, 0.2) is 18.1 Å². The van der Waals surface area contributed by atoms with Gasteiger partial charge < -0.3 is 29.0 Å². The van der Waals surface area contributed by atoms with Gasteiger partial charge in [0.1, 0.15) is 0 Å². The number of benzene rings is 2. The maximum absolute atomic E-state index is 12.6. The first-order chi connectivity index (χ1) is 15.4. The molecule has 1 amide bonds. The van der Waals surface area contributed by atoms with E-state index in [0.717, 1.165) is 0 Å². The lowest BCUT2D eigenvalue weighted by Gasteiger charge is -2.17. The third-order valence-corrected chi connectivity index (χ3v) is 4.09. The van der Waals surface area contributed by atoms with Gasteiger partial charge in [-0.2, -0.15) is 0 Å². The molecule has 9 nitrogen and oxygen atoms in total. The molecule has 0 spiro atoms. The summed E-state index contributed by atoms with van der Waals surface area (Å²) < 4.78 is 26.6. The average molecular weight is 445 g/mol. The highest BCUT2D eigenvalue weighted by molar-refractivity contribution is 6.02. The smallest absolute Gasteiger partial charge is 0.339 e. The maximum atomic E-state index is 12.6. The van der Waals surface area contributed by atoms with E-state index in [9.17, 15) is 14.4 Å². The summed E-state index contributed by atoms with van der Waals surface area (Å²) in [6, 6.07) is 9.30. The van der Waals surface area contributed by atoms with Crippen molar-refractivity contribution in [3.8, 4) is 17.2 Å². The van der Waals surface area contributed by atoms with Crippen LogP contribution >= 0.6 is 0 Å². The van der Waals surface area contributed by atoms with Crippen LogP contribution in [0.15, 0.2) is 36.4 Å². The van der Waals surface area contributed by atoms with E-state index in [1.165, 1.54) is 25.3 Å². The number of carbonyl (C=O) groups is 3. The van der Waals surface area contributed by atoms with Crippen LogP contribution < -0.4 is 19.5 Å². The van der Waals surface area contributed by atoms with Crippen molar-refractivity contribution in [1.29, 1.82) is 0 Å². The minimum atomic E-state index is -0.744. The van der Waals surface area contributed by atoms with Gasteiger partial charge in [0, 0.05) is 0 Å². The summed E-state index contributed by atoms with van der Waals surface area (Å²) in [6.07, 6.45) is 0. The lowest BCUT2D eigenvalue weighted by atomic mass is 10.1. The summed E-state index contributed by atoms with van der Waals surface area (Å²) in [5, 5.41) is 2.54. The zero-order valence-electron chi connectivity index (χ0n) is 18.6. The number of hydrogen-bond donors (Lipinski definition) is 1. The molecule has 0 aliphatic carbocycles. The van der Waals surface area contributed by atoms with Crippen LogP contribution in [-0.4, -0.2) is 51.4 Å². The molecule has 0 saturated heterocycles. The second-order valence-corrected chi connectivity index (χ2v) is 6.26. The molecule has 0 atom stereocenters. The van der Waals surface area contributed by atoms with Crippen molar-refractivity contribution < 1.29 is 38.1 Å². The van der Waals surface area contributed by atoms with Gasteiger partial charge in [-0.25, -0.2) is 9.59 Å². The van der Waals surface area contributed by atoms with Gasteiger partial charge in [0.2, 0.25) is 5.75 Å². The number of ether oxygens (including phenoxy) is 5. The number of nitrogens with one attached hydrogen (secondary N) is 1. The van der Waals surface area contributed by atoms with Crippen LogP contribution in [0.25, 0.3) is 0 Å². The number of methoxy groups -OCH3 is 1. The minimum Gasteiger partial charge on any atom is -0.490 e. The van der Waals surface area contributed by atoms with Crippen LogP contribution in [0.2, 0.25) is 0 Å². The molecule has 9 heteroatoms. The summed E-state index contributed by atoms with van der Waals surface area (Å²) in [6.45, 7) is 5.96. The molecule has 0 fully saturated rings. The fourth-order valence-electron chi connectivity index (χ4n) is 2.79. The number of anilines is 1. The van der Waals surface area contributed by atoms with Gasteiger partial charge in [-0.05, 0) is 45.0 Å². The maximum Gasteiger partial charge on any atom is 0.339 e. The Bertz CT molecular complexity index is 930. The van der Waals surface area contributed by atoms with Crippen LogP contribution in [0.1, 0.15) is 41.5 Å². The van der Waals surface area contributed by atoms with Crippen LogP contribution in [0.3, 0.4) is 0 Å². The van der Waals surface area contributed by atoms with Crippen LogP contribution in [0, 0.1) is 0 Å². The predicted octanol–water partition coefficient (Wildman–Crippen LogP) is 3.46. The Morgan fingerprint density at radius 1 is 0.844 bits per heavy atom. The Balaban J connectivity index is 2.14. The highest BCUT2D eigenvalue weighted by Crippen LogP contribution is 2.39. The summed E-state index contributed by atoms with van der Waals surface area (Å²) >= 11 is 0. The van der Waals surface area contributed by atoms with Crippen molar-refractivity contribution in [2.24, 2.45) is 0 Å². The van der Waals surface area contributed by atoms with Crippen LogP contribution in [-0.2, 0) is 14.3 Å². The van der Waals surface area contributed by atoms with E-state index in [1.807, 2.05) is 6.92 Å². The average Bonchev–Trinajstić information content (AvgIpc) is 2.79. The molecule has 0 aliphatic rings. The van der Waals surface area contributed by atoms with E-state index in [1.54, 1.807) is 32.0 Å². The van der Waals surface area contributed by atoms with Crippen molar-refractivity contribution in [2.45, 2.75) is 20.8 Å². The number of hydrogen-bond acceptors (Lipinski definition) is 8. The van der Waals surface area contributed by atoms with E-state index < -0.39 is 24.5 Å². The van der Waals surface area contributed by atoms with E-state index in [4.69, 9.17) is 23.7 Å². The summed E-state index contributed by atoms with van der Waals surface area (Å²) in [7, 11) is 1.24. The molecule has 0 heterocycles. The monoisotopic (exact) mass is 445 g/mol. The Morgan fingerprint density at radius 3 is 2.00 bits per heavy atom. The number of rotatable bonds is 11. The highest BCUT2D eigenvalue weighted by Gasteiger charge is 2.20.